The summed E-state index contributed by atoms with van der Waals surface area (Å²) in [5.74, 6) is -0.295. The molecule has 0 saturated carbocycles. The number of nitro groups is 1. The number of nitro benzene ring substituents is 1. The van der Waals surface area contributed by atoms with E-state index in [2.05, 4.69) is 17.2 Å². The fraction of sp³-hybridized carbons (Fsp3) is 0.111. The first-order valence-electron chi connectivity index (χ1n) is 7.78. The zero-order valence-corrected chi connectivity index (χ0v) is 15.3. The lowest BCUT2D eigenvalue weighted by atomic mass is 10.2. The lowest BCUT2D eigenvalue weighted by Gasteiger charge is -1.99. The van der Waals surface area contributed by atoms with Crippen LogP contribution in [0.25, 0.3) is 6.08 Å². The molecule has 0 atom stereocenters. The number of nitrogens with one attached hydrogen (secondary N) is 1. The van der Waals surface area contributed by atoms with Crippen LogP contribution in [0.15, 0.2) is 52.4 Å². The van der Waals surface area contributed by atoms with Gasteiger partial charge < -0.3 is 5.32 Å². The van der Waals surface area contributed by atoms with Crippen molar-refractivity contribution in [3.63, 3.8) is 0 Å². The molecule has 26 heavy (non-hydrogen) atoms. The van der Waals surface area contributed by atoms with Crippen molar-refractivity contribution in [3.05, 3.63) is 73.6 Å². The monoisotopic (exact) mass is 387 g/mol. The van der Waals surface area contributed by atoms with E-state index in [1.54, 1.807) is 12.1 Å². The minimum absolute atomic E-state index is 0.0541. The Labute approximate surface area is 159 Å². The molecule has 0 radical (unpaired) electrons. The Morgan fingerprint density at radius 1 is 1.27 bits per heavy atom. The zero-order valence-electron chi connectivity index (χ0n) is 13.7. The molecule has 1 heterocycles. The second-order valence-electron chi connectivity index (χ2n) is 5.47. The number of amides is 1. The molecule has 0 bridgehead atoms. The molecule has 1 saturated heterocycles. The van der Waals surface area contributed by atoms with Gasteiger partial charge in [-0.15, -0.1) is 0 Å². The number of rotatable bonds is 4. The van der Waals surface area contributed by atoms with E-state index in [1.807, 2.05) is 24.3 Å². The molecule has 1 aliphatic heterocycles. The third kappa shape index (κ3) is 4.12. The number of amidine groups is 1. The summed E-state index contributed by atoms with van der Waals surface area (Å²) in [4.78, 5) is 27.4. The van der Waals surface area contributed by atoms with Gasteiger partial charge in [-0.3, -0.25) is 14.9 Å². The van der Waals surface area contributed by atoms with Gasteiger partial charge in [0.1, 0.15) is 5.02 Å². The molecule has 6 nitrogen and oxygen atoms in total. The number of benzene rings is 2. The van der Waals surface area contributed by atoms with Crippen LogP contribution in [-0.4, -0.2) is 16.0 Å². The van der Waals surface area contributed by atoms with Crippen LogP contribution in [0.5, 0.6) is 0 Å². The molecular formula is C18H14ClN3O3S. The molecule has 3 rings (SSSR count). The summed E-state index contributed by atoms with van der Waals surface area (Å²) in [7, 11) is 0. The second-order valence-corrected chi connectivity index (χ2v) is 6.91. The normalized spacial score (nSPS) is 16.9. The van der Waals surface area contributed by atoms with E-state index in [0.29, 0.717) is 15.6 Å². The molecule has 0 unspecified atom stereocenters. The third-order valence-electron chi connectivity index (χ3n) is 3.69. The lowest BCUT2D eigenvalue weighted by Crippen LogP contribution is -2.19. The quantitative estimate of drug-likeness (QED) is 0.468. The van der Waals surface area contributed by atoms with Crippen molar-refractivity contribution in [1.82, 2.24) is 5.32 Å². The number of carbonyl (C=O) groups is 1. The van der Waals surface area contributed by atoms with Crippen molar-refractivity contribution < 1.29 is 9.72 Å². The van der Waals surface area contributed by atoms with Crippen LogP contribution in [0.3, 0.4) is 0 Å². The average molecular weight is 388 g/mol. The van der Waals surface area contributed by atoms with E-state index >= 15 is 0 Å². The highest BCUT2D eigenvalue weighted by atomic mass is 35.5. The van der Waals surface area contributed by atoms with E-state index in [9.17, 15) is 14.9 Å². The highest BCUT2D eigenvalue weighted by Gasteiger charge is 2.24. The first-order chi connectivity index (χ1) is 12.5. The highest BCUT2D eigenvalue weighted by Crippen LogP contribution is 2.30. The number of carbonyl (C=O) groups excluding carboxylic acids is 1. The molecule has 1 fully saturated rings. The second kappa shape index (κ2) is 7.72. The summed E-state index contributed by atoms with van der Waals surface area (Å²) in [6.45, 7) is 2.08. The first-order valence-corrected chi connectivity index (χ1v) is 8.98. The van der Waals surface area contributed by atoms with Crippen LogP contribution < -0.4 is 5.32 Å². The van der Waals surface area contributed by atoms with Gasteiger partial charge in [0, 0.05) is 6.07 Å². The van der Waals surface area contributed by atoms with E-state index in [1.165, 1.54) is 29.5 Å². The largest absolute Gasteiger partial charge is 0.300 e. The topological polar surface area (TPSA) is 84.6 Å². The minimum Gasteiger partial charge on any atom is -0.300 e. The Kier molecular flexibility index (Phi) is 5.39. The van der Waals surface area contributed by atoms with Gasteiger partial charge in [-0.25, -0.2) is 4.99 Å². The third-order valence-corrected chi connectivity index (χ3v) is 4.92. The predicted octanol–water partition coefficient (Wildman–Crippen LogP) is 4.70. The first kappa shape index (κ1) is 18.2. The average Bonchev–Trinajstić information content (AvgIpc) is 2.96. The van der Waals surface area contributed by atoms with Crippen LogP contribution in [0.2, 0.25) is 5.02 Å². The van der Waals surface area contributed by atoms with Gasteiger partial charge in [0.25, 0.3) is 11.6 Å². The summed E-state index contributed by atoms with van der Waals surface area (Å²) >= 11 is 6.99. The number of nitrogens with zero attached hydrogens (tertiary/aromatic N) is 2. The van der Waals surface area contributed by atoms with Gasteiger partial charge in [-0.1, -0.05) is 36.7 Å². The number of hydrogen-bond acceptors (Lipinski definition) is 5. The fourth-order valence-corrected chi connectivity index (χ4v) is 3.34. The molecule has 132 valence electrons. The van der Waals surface area contributed by atoms with Crippen LogP contribution in [0, 0.1) is 10.1 Å². The molecule has 1 amide bonds. The number of hydrogen-bond donors (Lipinski definition) is 1. The van der Waals surface area contributed by atoms with Crippen molar-refractivity contribution in [2.75, 3.05) is 0 Å². The lowest BCUT2D eigenvalue weighted by molar-refractivity contribution is -0.384. The van der Waals surface area contributed by atoms with Crippen molar-refractivity contribution in [1.29, 1.82) is 0 Å². The molecule has 0 spiro atoms. The molecule has 8 heteroatoms. The Hall–Kier alpha value is -2.64. The van der Waals surface area contributed by atoms with E-state index in [4.69, 9.17) is 11.6 Å². The summed E-state index contributed by atoms with van der Waals surface area (Å²) in [6.07, 6.45) is 2.52. The Morgan fingerprint density at radius 3 is 2.65 bits per heavy atom. The smallest absolute Gasteiger partial charge is 0.288 e. The van der Waals surface area contributed by atoms with Crippen LogP contribution in [0.1, 0.15) is 18.1 Å². The highest BCUT2D eigenvalue weighted by molar-refractivity contribution is 8.18. The van der Waals surface area contributed by atoms with Gasteiger partial charge >= 0.3 is 0 Å². The fourth-order valence-electron chi connectivity index (χ4n) is 2.31. The minimum atomic E-state index is -0.556. The maximum Gasteiger partial charge on any atom is 0.288 e. The van der Waals surface area contributed by atoms with Crippen LogP contribution in [0.4, 0.5) is 11.4 Å². The van der Waals surface area contributed by atoms with Crippen molar-refractivity contribution in [2.24, 2.45) is 4.99 Å². The Bertz CT molecular complexity index is 939. The summed E-state index contributed by atoms with van der Waals surface area (Å²) < 4.78 is 0. The number of aryl methyl sites for hydroxylation is 1. The summed E-state index contributed by atoms with van der Waals surface area (Å²) in [6, 6.07) is 12.2. The molecule has 2 aromatic rings. The van der Waals surface area contributed by atoms with Gasteiger partial charge in [-0.2, -0.15) is 0 Å². The number of thioether (sulfide) groups is 1. The Balaban J connectivity index is 1.83. The van der Waals surface area contributed by atoms with Crippen molar-refractivity contribution in [3.8, 4) is 0 Å². The number of halogens is 1. The number of aliphatic imine (C=N–C) groups is 1. The molecule has 0 aromatic heterocycles. The standard InChI is InChI=1S/C18H14ClN3O3S/c1-2-11-3-6-13(7-4-11)20-18-21-17(23)16(26-18)10-12-5-8-14(19)15(9-12)22(24)25/h3-10H,2H2,1H3,(H,20,21,23)/b16-10-. The van der Waals surface area contributed by atoms with E-state index in [0.717, 1.165) is 12.1 Å². The van der Waals surface area contributed by atoms with Crippen LogP contribution in [-0.2, 0) is 11.2 Å². The van der Waals surface area contributed by atoms with Crippen LogP contribution >= 0.6 is 23.4 Å². The van der Waals surface area contributed by atoms with Gasteiger partial charge in [-0.05, 0) is 53.6 Å². The van der Waals surface area contributed by atoms with Crippen molar-refractivity contribution in [2.45, 2.75) is 13.3 Å². The maximum absolute atomic E-state index is 12.1. The predicted molar refractivity (Wildman–Crippen MR) is 105 cm³/mol. The Morgan fingerprint density at radius 2 is 2.00 bits per heavy atom. The maximum atomic E-state index is 12.1. The molecule has 0 aliphatic carbocycles. The molecule has 1 aliphatic rings. The van der Waals surface area contributed by atoms with Gasteiger partial charge in [0.05, 0.1) is 15.5 Å². The SMILES string of the molecule is CCc1ccc(N=C2NC(=O)/C(=C/c3ccc(Cl)c([N+](=O)[O-])c3)S2)cc1. The van der Waals surface area contributed by atoms with E-state index < -0.39 is 4.92 Å². The van der Waals surface area contributed by atoms with Crippen molar-refractivity contribution >= 4 is 51.9 Å². The summed E-state index contributed by atoms with van der Waals surface area (Å²) in [5.41, 5.74) is 2.27. The zero-order chi connectivity index (χ0) is 18.7. The van der Waals surface area contributed by atoms with E-state index in [-0.39, 0.29) is 16.6 Å². The molecule has 2 aromatic carbocycles. The molecular weight excluding hydrogens is 374 g/mol. The molecule has 1 N–H and O–H groups in total. The van der Waals surface area contributed by atoms with Gasteiger partial charge in [0.2, 0.25) is 0 Å². The van der Waals surface area contributed by atoms with Gasteiger partial charge in [0.15, 0.2) is 5.17 Å². The summed E-state index contributed by atoms with van der Waals surface area (Å²) in [5, 5.41) is 14.2.